The molecule has 0 radical (unpaired) electrons. The van der Waals surface area contributed by atoms with E-state index >= 15 is 0 Å². The number of hydrogen-bond acceptors (Lipinski definition) is 4. The number of aromatic nitrogens is 2. The summed E-state index contributed by atoms with van der Waals surface area (Å²) in [6, 6.07) is 6.41. The molecular weight excluding hydrogens is 250 g/mol. The highest BCUT2D eigenvalue weighted by Crippen LogP contribution is 2.23. The van der Waals surface area contributed by atoms with E-state index in [4.69, 9.17) is 4.74 Å². The third-order valence-corrected chi connectivity index (χ3v) is 3.70. The number of ether oxygens (including phenoxy) is 1. The molecule has 1 aliphatic rings. The Balaban J connectivity index is 1.74. The molecule has 0 bridgehead atoms. The van der Waals surface area contributed by atoms with Crippen LogP contribution in [0.3, 0.4) is 0 Å². The first-order valence-corrected chi connectivity index (χ1v) is 7.08. The SMILES string of the molecule is CC(Oc1cncc(-c2cccnc2)c1)[C@@H]1CCCN1. The molecule has 0 amide bonds. The topological polar surface area (TPSA) is 47.0 Å². The van der Waals surface area contributed by atoms with E-state index in [-0.39, 0.29) is 6.10 Å². The first kappa shape index (κ1) is 13.1. The van der Waals surface area contributed by atoms with E-state index in [1.54, 1.807) is 12.4 Å². The van der Waals surface area contributed by atoms with Crippen molar-refractivity contribution in [3.8, 4) is 16.9 Å². The monoisotopic (exact) mass is 269 g/mol. The first-order chi connectivity index (χ1) is 9.83. The van der Waals surface area contributed by atoms with Crippen molar-refractivity contribution in [1.82, 2.24) is 15.3 Å². The Morgan fingerprint density at radius 2 is 2.15 bits per heavy atom. The van der Waals surface area contributed by atoms with Gasteiger partial charge in [-0.05, 0) is 38.4 Å². The Bertz CT molecular complexity index is 553. The summed E-state index contributed by atoms with van der Waals surface area (Å²) >= 11 is 0. The lowest BCUT2D eigenvalue weighted by Gasteiger charge is -2.21. The molecule has 4 heteroatoms. The lowest BCUT2D eigenvalue weighted by atomic mass is 10.1. The van der Waals surface area contributed by atoms with Gasteiger partial charge >= 0.3 is 0 Å². The van der Waals surface area contributed by atoms with Crippen molar-refractivity contribution in [3.63, 3.8) is 0 Å². The highest BCUT2D eigenvalue weighted by atomic mass is 16.5. The summed E-state index contributed by atoms with van der Waals surface area (Å²) in [6.07, 6.45) is 9.77. The molecule has 1 unspecified atom stereocenters. The average molecular weight is 269 g/mol. The Morgan fingerprint density at radius 1 is 1.25 bits per heavy atom. The lowest BCUT2D eigenvalue weighted by Crippen LogP contribution is -2.36. The quantitative estimate of drug-likeness (QED) is 0.927. The molecule has 0 spiro atoms. The summed E-state index contributed by atoms with van der Waals surface area (Å²) in [5.74, 6) is 0.813. The summed E-state index contributed by atoms with van der Waals surface area (Å²) in [6.45, 7) is 3.20. The van der Waals surface area contributed by atoms with Crippen LogP contribution in [0, 0.1) is 0 Å². The zero-order valence-corrected chi connectivity index (χ0v) is 11.6. The molecule has 2 aromatic heterocycles. The van der Waals surface area contributed by atoms with Crippen molar-refractivity contribution >= 4 is 0 Å². The van der Waals surface area contributed by atoms with Crippen LogP contribution in [-0.4, -0.2) is 28.7 Å². The van der Waals surface area contributed by atoms with Gasteiger partial charge in [-0.1, -0.05) is 6.07 Å². The summed E-state index contributed by atoms with van der Waals surface area (Å²) in [7, 11) is 0. The summed E-state index contributed by atoms with van der Waals surface area (Å²) in [4.78, 5) is 8.40. The third kappa shape index (κ3) is 2.96. The maximum absolute atomic E-state index is 6.01. The van der Waals surface area contributed by atoms with Crippen molar-refractivity contribution in [2.24, 2.45) is 0 Å². The number of nitrogens with zero attached hydrogens (tertiary/aromatic N) is 2. The Kier molecular flexibility index (Phi) is 3.92. The highest BCUT2D eigenvalue weighted by Gasteiger charge is 2.22. The van der Waals surface area contributed by atoms with E-state index in [0.29, 0.717) is 6.04 Å². The maximum Gasteiger partial charge on any atom is 0.138 e. The fourth-order valence-corrected chi connectivity index (χ4v) is 2.58. The highest BCUT2D eigenvalue weighted by molar-refractivity contribution is 5.62. The fourth-order valence-electron chi connectivity index (χ4n) is 2.58. The van der Waals surface area contributed by atoms with Crippen LogP contribution in [0.1, 0.15) is 19.8 Å². The molecule has 0 saturated carbocycles. The summed E-state index contributed by atoms with van der Waals surface area (Å²) in [5, 5.41) is 3.47. The van der Waals surface area contributed by atoms with Crippen LogP contribution in [0.4, 0.5) is 0 Å². The Hall–Kier alpha value is -1.94. The molecule has 0 aliphatic carbocycles. The fraction of sp³-hybridized carbons (Fsp3) is 0.375. The molecule has 3 heterocycles. The third-order valence-electron chi connectivity index (χ3n) is 3.70. The molecule has 0 aromatic carbocycles. The van der Waals surface area contributed by atoms with Crippen molar-refractivity contribution in [1.29, 1.82) is 0 Å². The average Bonchev–Trinajstić information content (AvgIpc) is 3.03. The van der Waals surface area contributed by atoms with Gasteiger partial charge in [-0.15, -0.1) is 0 Å². The molecular formula is C16H19N3O. The minimum atomic E-state index is 0.156. The van der Waals surface area contributed by atoms with Gasteiger partial charge in [-0.2, -0.15) is 0 Å². The predicted molar refractivity (Wildman–Crippen MR) is 78.6 cm³/mol. The van der Waals surface area contributed by atoms with Crippen molar-refractivity contribution in [3.05, 3.63) is 43.0 Å². The predicted octanol–water partition coefficient (Wildman–Crippen LogP) is 2.66. The van der Waals surface area contributed by atoms with Crippen LogP contribution in [0.2, 0.25) is 0 Å². The van der Waals surface area contributed by atoms with Crippen molar-refractivity contribution in [2.75, 3.05) is 6.54 Å². The van der Waals surface area contributed by atoms with Crippen LogP contribution in [-0.2, 0) is 0 Å². The normalized spacial score (nSPS) is 19.8. The molecule has 104 valence electrons. The van der Waals surface area contributed by atoms with Gasteiger partial charge in [0.05, 0.1) is 6.20 Å². The number of pyridine rings is 2. The second-order valence-electron chi connectivity index (χ2n) is 5.18. The van der Waals surface area contributed by atoms with Crippen molar-refractivity contribution < 1.29 is 4.74 Å². The van der Waals surface area contributed by atoms with Crippen LogP contribution < -0.4 is 10.1 Å². The number of hydrogen-bond donors (Lipinski definition) is 1. The van der Waals surface area contributed by atoms with Gasteiger partial charge < -0.3 is 10.1 Å². The van der Waals surface area contributed by atoms with Gasteiger partial charge in [0.25, 0.3) is 0 Å². The van der Waals surface area contributed by atoms with E-state index in [2.05, 4.69) is 22.2 Å². The molecule has 1 fully saturated rings. The molecule has 1 saturated heterocycles. The molecule has 20 heavy (non-hydrogen) atoms. The maximum atomic E-state index is 6.01. The number of nitrogens with one attached hydrogen (secondary N) is 1. The van der Waals surface area contributed by atoms with E-state index in [1.165, 1.54) is 12.8 Å². The molecule has 2 aromatic rings. The van der Waals surface area contributed by atoms with Gasteiger partial charge in [0.1, 0.15) is 11.9 Å². The summed E-state index contributed by atoms with van der Waals surface area (Å²) < 4.78 is 6.01. The largest absolute Gasteiger partial charge is 0.487 e. The minimum Gasteiger partial charge on any atom is -0.487 e. The second-order valence-corrected chi connectivity index (χ2v) is 5.18. The standard InChI is InChI=1S/C16H19N3O/c1-12(16-5-3-7-19-16)20-15-8-14(10-18-11-15)13-4-2-6-17-9-13/h2,4,6,8-12,16,19H,3,5,7H2,1H3/t12?,16-/m0/s1. The molecule has 3 rings (SSSR count). The van der Waals surface area contributed by atoms with Gasteiger partial charge in [0.15, 0.2) is 0 Å². The molecule has 1 aliphatic heterocycles. The Labute approximate surface area is 119 Å². The van der Waals surface area contributed by atoms with Gasteiger partial charge in [-0.25, -0.2) is 0 Å². The van der Waals surface area contributed by atoms with Crippen LogP contribution in [0.15, 0.2) is 43.0 Å². The molecule has 1 N–H and O–H groups in total. The number of rotatable bonds is 4. The van der Waals surface area contributed by atoms with Crippen molar-refractivity contribution in [2.45, 2.75) is 31.9 Å². The van der Waals surface area contributed by atoms with Gasteiger partial charge in [0.2, 0.25) is 0 Å². The van der Waals surface area contributed by atoms with Gasteiger partial charge in [-0.3, -0.25) is 9.97 Å². The molecule has 2 atom stereocenters. The lowest BCUT2D eigenvalue weighted by molar-refractivity contribution is 0.179. The van der Waals surface area contributed by atoms with E-state index in [9.17, 15) is 0 Å². The zero-order valence-electron chi connectivity index (χ0n) is 11.6. The van der Waals surface area contributed by atoms with E-state index in [1.807, 2.05) is 30.6 Å². The van der Waals surface area contributed by atoms with E-state index in [0.717, 1.165) is 23.4 Å². The van der Waals surface area contributed by atoms with Crippen LogP contribution >= 0.6 is 0 Å². The smallest absolute Gasteiger partial charge is 0.138 e. The Morgan fingerprint density at radius 3 is 2.90 bits per heavy atom. The molecule has 4 nitrogen and oxygen atoms in total. The van der Waals surface area contributed by atoms with E-state index < -0.39 is 0 Å². The van der Waals surface area contributed by atoms with Crippen LogP contribution in [0.5, 0.6) is 5.75 Å². The second kappa shape index (κ2) is 6.01. The first-order valence-electron chi connectivity index (χ1n) is 7.08. The summed E-state index contributed by atoms with van der Waals surface area (Å²) in [5.41, 5.74) is 2.08. The van der Waals surface area contributed by atoms with Crippen LogP contribution in [0.25, 0.3) is 11.1 Å². The zero-order chi connectivity index (χ0) is 13.8. The van der Waals surface area contributed by atoms with Gasteiger partial charge in [0, 0.05) is 35.8 Å². The minimum absolute atomic E-state index is 0.156.